The summed E-state index contributed by atoms with van der Waals surface area (Å²) in [6.45, 7) is 4.39. The zero-order chi connectivity index (χ0) is 14.8. The van der Waals surface area contributed by atoms with Crippen LogP contribution < -0.4 is 0 Å². The molecule has 1 aromatic carbocycles. The van der Waals surface area contributed by atoms with E-state index < -0.39 is 0 Å². The van der Waals surface area contributed by atoms with Crippen LogP contribution in [0.4, 0.5) is 0 Å². The SMILES string of the molecule is CCC(=O)OCCc1ccc(CCOC(=O)CC)cc1. The lowest BCUT2D eigenvalue weighted by Gasteiger charge is -2.06. The number of carbonyl (C=O) groups excluding carboxylic acids is 2. The Bertz CT molecular complexity index is 382. The molecule has 0 unspecified atom stereocenters. The molecule has 0 saturated carbocycles. The lowest BCUT2D eigenvalue weighted by molar-refractivity contribution is -0.144. The van der Waals surface area contributed by atoms with Crippen molar-refractivity contribution >= 4 is 11.9 Å². The fourth-order valence-electron chi connectivity index (χ4n) is 1.64. The van der Waals surface area contributed by atoms with Crippen molar-refractivity contribution in [1.29, 1.82) is 0 Å². The van der Waals surface area contributed by atoms with Gasteiger partial charge in [-0.2, -0.15) is 0 Å². The van der Waals surface area contributed by atoms with Gasteiger partial charge < -0.3 is 9.47 Å². The van der Waals surface area contributed by atoms with Crippen molar-refractivity contribution in [2.24, 2.45) is 0 Å². The lowest BCUT2D eigenvalue weighted by Crippen LogP contribution is -2.07. The van der Waals surface area contributed by atoms with E-state index in [1.807, 2.05) is 24.3 Å². The third-order valence-corrected chi connectivity index (χ3v) is 2.91. The van der Waals surface area contributed by atoms with Crippen LogP contribution in [-0.2, 0) is 31.9 Å². The number of carbonyl (C=O) groups is 2. The molecule has 0 N–H and O–H groups in total. The summed E-state index contributed by atoms with van der Waals surface area (Å²) in [6.07, 6.45) is 2.26. The second kappa shape index (κ2) is 9.13. The van der Waals surface area contributed by atoms with Crippen LogP contribution in [0, 0.1) is 0 Å². The van der Waals surface area contributed by atoms with Gasteiger partial charge >= 0.3 is 11.9 Å². The van der Waals surface area contributed by atoms with Crippen LogP contribution in [0.25, 0.3) is 0 Å². The molecule has 110 valence electrons. The zero-order valence-corrected chi connectivity index (χ0v) is 12.2. The monoisotopic (exact) mass is 278 g/mol. The van der Waals surface area contributed by atoms with Crippen molar-refractivity contribution in [2.75, 3.05) is 13.2 Å². The van der Waals surface area contributed by atoms with E-state index in [-0.39, 0.29) is 11.9 Å². The molecule has 0 aromatic heterocycles. The number of ether oxygens (including phenoxy) is 2. The van der Waals surface area contributed by atoms with Crippen molar-refractivity contribution in [1.82, 2.24) is 0 Å². The van der Waals surface area contributed by atoms with Gasteiger partial charge in [-0.3, -0.25) is 9.59 Å². The first-order valence-electron chi connectivity index (χ1n) is 7.04. The number of esters is 2. The second-order valence-electron chi connectivity index (χ2n) is 4.46. The molecule has 0 fully saturated rings. The van der Waals surface area contributed by atoms with Gasteiger partial charge in [-0.1, -0.05) is 38.1 Å². The maximum absolute atomic E-state index is 11.0. The molecule has 0 radical (unpaired) electrons. The van der Waals surface area contributed by atoms with Crippen LogP contribution in [0.15, 0.2) is 24.3 Å². The fraction of sp³-hybridized carbons (Fsp3) is 0.500. The third-order valence-electron chi connectivity index (χ3n) is 2.91. The van der Waals surface area contributed by atoms with Crippen molar-refractivity contribution in [3.63, 3.8) is 0 Å². The first kappa shape index (κ1) is 16.2. The normalized spacial score (nSPS) is 10.1. The summed E-state index contributed by atoms with van der Waals surface area (Å²) in [6, 6.07) is 8.04. The molecule has 0 aliphatic carbocycles. The smallest absolute Gasteiger partial charge is 0.305 e. The standard InChI is InChI=1S/C16H22O4/c1-3-15(17)19-11-9-13-5-7-14(8-6-13)10-12-20-16(18)4-2/h5-8H,3-4,9-12H2,1-2H3. The summed E-state index contributed by atoms with van der Waals surface area (Å²) >= 11 is 0. The van der Waals surface area contributed by atoms with Crippen molar-refractivity contribution < 1.29 is 19.1 Å². The highest BCUT2D eigenvalue weighted by Crippen LogP contribution is 2.07. The van der Waals surface area contributed by atoms with Gasteiger partial charge in [0.15, 0.2) is 0 Å². The van der Waals surface area contributed by atoms with Crippen LogP contribution in [0.3, 0.4) is 0 Å². The Balaban J connectivity index is 2.29. The van der Waals surface area contributed by atoms with Crippen LogP contribution in [0.5, 0.6) is 0 Å². The minimum absolute atomic E-state index is 0.167. The van der Waals surface area contributed by atoms with Crippen LogP contribution >= 0.6 is 0 Å². The van der Waals surface area contributed by atoms with Gasteiger partial charge in [0.25, 0.3) is 0 Å². The average molecular weight is 278 g/mol. The summed E-state index contributed by atoms with van der Waals surface area (Å²) in [4.78, 5) is 22.0. The fourth-order valence-corrected chi connectivity index (χ4v) is 1.64. The molecule has 0 heterocycles. The number of rotatable bonds is 8. The number of hydrogen-bond donors (Lipinski definition) is 0. The third kappa shape index (κ3) is 6.36. The van der Waals surface area contributed by atoms with E-state index in [0.29, 0.717) is 26.1 Å². The highest BCUT2D eigenvalue weighted by Gasteiger charge is 2.01. The van der Waals surface area contributed by atoms with E-state index in [1.54, 1.807) is 13.8 Å². The molecule has 0 aliphatic rings. The minimum Gasteiger partial charge on any atom is -0.465 e. The molecule has 0 amide bonds. The maximum Gasteiger partial charge on any atom is 0.305 e. The summed E-state index contributed by atoms with van der Waals surface area (Å²) in [5, 5.41) is 0. The van der Waals surface area contributed by atoms with E-state index in [1.165, 1.54) is 0 Å². The zero-order valence-electron chi connectivity index (χ0n) is 12.2. The van der Waals surface area contributed by atoms with Gasteiger partial charge in [-0.25, -0.2) is 0 Å². The Labute approximate surface area is 120 Å². The topological polar surface area (TPSA) is 52.6 Å². The number of benzene rings is 1. The van der Waals surface area contributed by atoms with Crippen LogP contribution in [0.1, 0.15) is 37.8 Å². The highest BCUT2D eigenvalue weighted by atomic mass is 16.5. The minimum atomic E-state index is -0.167. The Hall–Kier alpha value is -1.84. The largest absolute Gasteiger partial charge is 0.465 e. The maximum atomic E-state index is 11.0. The summed E-state index contributed by atoms with van der Waals surface area (Å²) < 4.78 is 10.1. The molecule has 4 nitrogen and oxygen atoms in total. The van der Waals surface area contributed by atoms with E-state index in [4.69, 9.17) is 9.47 Å². The summed E-state index contributed by atoms with van der Waals surface area (Å²) in [7, 11) is 0. The van der Waals surface area contributed by atoms with Gasteiger partial charge in [0, 0.05) is 25.7 Å². The molecule has 1 aromatic rings. The van der Waals surface area contributed by atoms with E-state index in [2.05, 4.69) is 0 Å². The Morgan fingerprint density at radius 1 is 0.800 bits per heavy atom. The van der Waals surface area contributed by atoms with Gasteiger partial charge in [0.05, 0.1) is 13.2 Å². The van der Waals surface area contributed by atoms with Crippen LogP contribution in [-0.4, -0.2) is 25.2 Å². The first-order chi connectivity index (χ1) is 9.65. The first-order valence-corrected chi connectivity index (χ1v) is 7.04. The molecule has 4 heteroatoms. The average Bonchev–Trinajstić information content (AvgIpc) is 2.48. The predicted molar refractivity (Wildman–Crippen MR) is 76.4 cm³/mol. The van der Waals surface area contributed by atoms with Gasteiger partial charge in [0.1, 0.15) is 0 Å². The molecule has 0 atom stereocenters. The quantitative estimate of drug-likeness (QED) is 0.686. The Morgan fingerprint density at radius 3 is 1.45 bits per heavy atom. The predicted octanol–water partition coefficient (Wildman–Crippen LogP) is 2.68. The Kier molecular flexibility index (Phi) is 7.40. The van der Waals surface area contributed by atoms with Crippen molar-refractivity contribution in [3.05, 3.63) is 35.4 Å². The lowest BCUT2D eigenvalue weighted by atomic mass is 10.1. The van der Waals surface area contributed by atoms with Crippen LogP contribution in [0.2, 0.25) is 0 Å². The molecular formula is C16H22O4. The highest BCUT2D eigenvalue weighted by molar-refractivity contribution is 5.69. The van der Waals surface area contributed by atoms with Crippen molar-refractivity contribution in [2.45, 2.75) is 39.5 Å². The van der Waals surface area contributed by atoms with E-state index in [9.17, 15) is 9.59 Å². The molecule has 0 bridgehead atoms. The summed E-state index contributed by atoms with van der Waals surface area (Å²) in [5.41, 5.74) is 2.26. The summed E-state index contributed by atoms with van der Waals surface area (Å²) in [5.74, 6) is -0.335. The van der Waals surface area contributed by atoms with E-state index in [0.717, 1.165) is 24.0 Å². The molecule has 1 rings (SSSR count). The van der Waals surface area contributed by atoms with E-state index >= 15 is 0 Å². The molecule has 0 spiro atoms. The van der Waals surface area contributed by atoms with Gasteiger partial charge in [-0.05, 0) is 11.1 Å². The molecule has 0 saturated heterocycles. The van der Waals surface area contributed by atoms with Gasteiger partial charge in [0.2, 0.25) is 0 Å². The molecular weight excluding hydrogens is 256 g/mol. The molecule has 0 aliphatic heterocycles. The van der Waals surface area contributed by atoms with Gasteiger partial charge in [-0.15, -0.1) is 0 Å². The number of hydrogen-bond acceptors (Lipinski definition) is 4. The molecule has 20 heavy (non-hydrogen) atoms. The Morgan fingerprint density at radius 2 is 1.15 bits per heavy atom. The second-order valence-corrected chi connectivity index (χ2v) is 4.46. The van der Waals surface area contributed by atoms with Crippen molar-refractivity contribution in [3.8, 4) is 0 Å².